The van der Waals surface area contributed by atoms with Crippen LogP contribution in [0.3, 0.4) is 0 Å². The van der Waals surface area contributed by atoms with Crippen LogP contribution in [-0.2, 0) is 19.4 Å². The summed E-state index contributed by atoms with van der Waals surface area (Å²) in [5.41, 5.74) is 4.81. The van der Waals surface area contributed by atoms with E-state index in [1.165, 1.54) is 32.6 Å². The number of allylic oxidation sites excluding steroid dienone is 1. The number of primary amides is 1. The smallest absolute Gasteiger partial charge is 0.366 e. The summed E-state index contributed by atoms with van der Waals surface area (Å²) in [5, 5.41) is 0. The van der Waals surface area contributed by atoms with E-state index in [2.05, 4.69) is 29.9 Å². The molecule has 0 aromatic rings. The summed E-state index contributed by atoms with van der Waals surface area (Å²) in [5.74, 6) is -0.363. The van der Waals surface area contributed by atoms with E-state index in [0.29, 0.717) is 0 Å². The summed E-state index contributed by atoms with van der Waals surface area (Å²) in [7, 11) is -4.17. The van der Waals surface area contributed by atoms with Crippen LogP contribution in [0.1, 0.15) is 47.5 Å². The lowest BCUT2D eigenvalue weighted by Crippen LogP contribution is -2.21. The van der Waals surface area contributed by atoms with Crippen molar-refractivity contribution in [3.05, 3.63) is 12.2 Å². The van der Waals surface area contributed by atoms with E-state index < -0.39 is 10.4 Å². The van der Waals surface area contributed by atoms with E-state index in [1.54, 1.807) is 6.08 Å². The molecular weight excluding hydrogens is 308 g/mol. The normalized spacial score (nSPS) is 10.7. The first-order valence-electron chi connectivity index (χ1n) is 7.48. The maximum Gasteiger partial charge on any atom is 0.397 e. The lowest BCUT2D eigenvalue weighted by atomic mass is 10.3. The summed E-state index contributed by atoms with van der Waals surface area (Å²) in [6.45, 7) is 13.6. The van der Waals surface area contributed by atoms with Crippen LogP contribution in [-0.4, -0.2) is 50.0 Å². The molecule has 22 heavy (non-hydrogen) atoms. The predicted octanol–water partition coefficient (Wildman–Crippen LogP) is 2.00. The molecule has 0 saturated heterocycles. The Labute approximate surface area is 135 Å². The van der Waals surface area contributed by atoms with Crippen LogP contribution in [0, 0.1) is 0 Å². The molecule has 0 aliphatic heterocycles. The molecule has 0 aliphatic carbocycles. The van der Waals surface area contributed by atoms with Gasteiger partial charge in [-0.3, -0.25) is 9.35 Å². The first-order valence-corrected chi connectivity index (χ1v) is 8.84. The topological polar surface area (TPSA) is 110 Å². The van der Waals surface area contributed by atoms with Crippen LogP contribution < -0.4 is 5.73 Å². The Morgan fingerprint density at radius 1 is 1.14 bits per heavy atom. The molecule has 0 radical (unpaired) electrons. The summed E-state index contributed by atoms with van der Waals surface area (Å²) in [6, 6.07) is 0. The maximum absolute atomic E-state index is 10.0. The average Bonchev–Trinajstić information content (AvgIpc) is 2.41. The molecular formula is C14H32N2O5S. The molecule has 0 unspecified atom stereocenters. The zero-order chi connectivity index (χ0) is 18.0. The second kappa shape index (κ2) is 18.1. The van der Waals surface area contributed by atoms with Crippen LogP contribution in [0.5, 0.6) is 0 Å². The largest absolute Gasteiger partial charge is 0.397 e. The number of carbonyl (C=O) groups excluding carboxylic acids is 1. The van der Waals surface area contributed by atoms with Gasteiger partial charge in [0.1, 0.15) is 0 Å². The number of unbranched alkanes of at least 4 members (excludes halogenated alkanes) is 1. The van der Waals surface area contributed by atoms with E-state index in [-0.39, 0.29) is 12.5 Å². The lowest BCUT2D eigenvalue weighted by molar-refractivity contribution is -0.113. The minimum absolute atomic E-state index is 0.0289. The number of carbonyl (C=O) groups is 1. The van der Waals surface area contributed by atoms with Crippen molar-refractivity contribution in [3.8, 4) is 0 Å². The average molecular weight is 340 g/mol. The Hall–Kier alpha value is -0.960. The molecule has 0 aromatic carbocycles. The van der Waals surface area contributed by atoms with Gasteiger partial charge in [0.2, 0.25) is 5.91 Å². The fourth-order valence-corrected chi connectivity index (χ4v) is 1.48. The van der Waals surface area contributed by atoms with Gasteiger partial charge in [-0.2, -0.15) is 8.42 Å². The van der Waals surface area contributed by atoms with Crippen molar-refractivity contribution < 1.29 is 21.9 Å². The van der Waals surface area contributed by atoms with Gasteiger partial charge < -0.3 is 10.6 Å². The van der Waals surface area contributed by atoms with Gasteiger partial charge in [-0.25, -0.2) is 4.18 Å². The van der Waals surface area contributed by atoms with Crippen molar-refractivity contribution in [3.63, 3.8) is 0 Å². The van der Waals surface area contributed by atoms with Crippen LogP contribution in [0.15, 0.2) is 12.2 Å². The molecule has 1 amide bonds. The van der Waals surface area contributed by atoms with Crippen molar-refractivity contribution in [1.29, 1.82) is 0 Å². The van der Waals surface area contributed by atoms with E-state index in [9.17, 15) is 13.2 Å². The Morgan fingerprint density at radius 2 is 1.59 bits per heavy atom. The highest BCUT2D eigenvalue weighted by atomic mass is 32.3. The summed E-state index contributed by atoms with van der Waals surface area (Å²) in [4.78, 5) is 12.4. The van der Waals surface area contributed by atoms with Gasteiger partial charge >= 0.3 is 10.4 Å². The van der Waals surface area contributed by atoms with Gasteiger partial charge in [-0.1, -0.05) is 40.2 Å². The second-order valence-corrected chi connectivity index (χ2v) is 5.14. The van der Waals surface area contributed by atoms with Crippen molar-refractivity contribution in [2.45, 2.75) is 47.5 Å². The third-order valence-electron chi connectivity index (χ3n) is 2.35. The highest BCUT2D eigenvalue weighted by Crippen LogP contribution is 1.86. The third-order valence-corrected chi connectivity index (χ3v) is 2.88. The van der Waals surface area contributed by atoms with Crippen molar-refractivity contribution in [1.82, 2.24) is 4.90 Å². The maximum atomic E-state index is 10.0. The van der Waals surface area contributed by atoms with Crippen molar-refractivity contribution in [2.24, 2.45) is 5.73 Å². The number of amides is 1. The minimum atomic E-state index is -4.17. The zero-order valence-electron chi connectivity index (χ0n) is 14.4. The van der Waals surface area contributed by atoms with Gasteiger partial charge in [0.05, 0.1) is 6.61 Å². The number of hydrogen-bond acceptors (Lipinski definition) is 5. The molecule has 0 saturated carbocycles. The first-order chi connectivity index (χ1) is 10.2. The molecule has 0 atom stereocenters. The van der Waals surface area contributed by atoms with Crippen LogP contribution in [0.4, 0.5) is 0 Å². The number of nitrogens with zero attached hydrogens (tertiary/aromatic N) is 1. The zero-order valence-corrected chi connectivity index (χ0v) is 15.2. The second-order valence-electron chi connectivity index (χ2n) is 4.05. The third kappa shape index (κ3) is 31.4. The van der Waals surface area contributed by atoms with Gasteiger partial charge in [-0.15, -0.1) is 0 Å². The molecule has 0 bridgehead atoms. The number of hydrogen-bond donors (Lipinski definition) is 2. The quantitative estimate of drug-likeness (QED) is 0.516. The molecule has 0 aliphatic rings. The summed E-state index contributed by atoms with van der Waals surface area (Å²) < 4.78 is 30.7. The van der Waals surface area contributed by atoms with Crippen molar-refractivity contribution >= 4 is 16.3 Å². The van der Waals surface area contributed by atoms with Crippen LogP contribution in [0.25, 0.3) is 0 Å². The fraction of sp³-hybridized carbons (Fsp3) is 0.786. The predicted molar refractivity (Wildman–Crippen MR) is 89.9 cm³/mol. The molecule has 8 heteroatoms. The van der Waals surface area contributed by atoms with Gasteiger partial charge in [0, 0.05) is 0 Å². The molecule has 0 fully saturated rings. The van der Waals surface area contributed by atoms with Gasteiger partial charge in [0.25, 0.3) is 0 Å². The lowest BCUT2D eigenvalue weighted by Gasteiger charge is -2.13. The van der Waals surface area contributed by atoms with Crippen LogP contribution >= 0.6 is 0 Å². The molecule has 7 nitrogen and oxygen atoms in total. The first kappa shape index (κ1) is 26.0. The van der Waals surface area contributed by atoms with E-state index in [0.717, 1.165) is 12.8 Å². The van der Waals surface area contributed by atoms with E-state index >= 15 is 0 Å². The van der Waals surface area contributed by atoms with E-state index in [4.69, 9.17) is 10.3 Å². The van der Waals surface area contributed by atoms with Gasteiger partial charge in [-0.05, 0) is 39.1 Å². The minimum Gasteiger partial charge on any atom is -0.366 e. The molecule has 0 rings (SSSR count). The van der Waals surface area contributed by atoms with E-state index in [1.807, 2.05) is 6.92 Å². The molecule has 134 valence electrons. The Morgan fingerprint density at radius 3 is 1.73 bits per heavy atom. The van der Waals surface area contributed by atoms with Crippen molar-refractivity contribution in [2.75, 3.05) is 26.2 Å². The Bertz CT molecular complexity index is 360. The number of rotatable bonds is 8. The Balaban J connectivity index is -0.000000247. The standard InChI is InChI=1S/C6H11NO.C6H15N.C2H6O4S/c1-2-3-4-5-6(7)8;1-4-7(5-2)6-3;1-2-6-7(3,4)5/h4-5H,2-3H2,1H3,(H2,7,8);4-6H2,1-3H3;2H2,1H3,(H,3,4,5). The Kier molecular flexibility index (Phi) is 21.3. The highest BCUT2D eigenvalue weighted by Gasteiger charge is 1.98. The van der Waals surface area contributed by atoms with Crippen LogP contribution in [0.2, 0.25) is 0 Å². The molecule has 0 spiro atoms. The molecule has 0 heterocycles. The summed E-state index contributed by atoms with van der Waals surface area (Å²) >= 11 is 0. The molecule has 0 aromatic heterocycles. The number of nitrogens with two attached hydrogens (primary N) is 1. The molecule has 3 N–H and O–H groups in total. The monoisotopic (exact) mass is 340 g/mol. The van der Waals surface area contributed by atoms with Gasteiger partial charge in [0.15, 0.2) is 0 Å². The SMILES string of the molecule is CCCC=CC(N)=O.CCN(CC)CC.CCOS(=O)(=O)O. The summed E-state index contributed by atoms with van der Waals surface area (Å²) in [6.07, 6.45) is 5.17. The highest BCUT2D eigenvalue weighted by molar-refractivity contribution is 7.80. The fourth-order valence-electron chi connectivity index (χ4n) is 1.19.